The molecular formula is C21H18Cl2N2S. The third kappa shape index (κ3) is 3.66. The first kappa shape index (κ1) is 17.6. The van der Waals surface area contributed by atoms with Crippen LogP contribution in [0.5, 0.6) is 0 Å². The summed E-state index contributed by atoms with van der Waals surface area (Å²) in [4.78, 5) is 0. The number of nitrogens with one attached hydrogen (secondary N) is 2. The predicted octanol–water partition coefficient (Wildman–Crippen LogP) is 6.03. The summed E-state index contributed by atoms with van der Waals surface area (Å²) >= 11 is 17.5. The molecule has 0 bridgehead atoms. The molecule has 0 spiro atoms. The molecule has 1 unspecified atom stereocenters. The minimum Gasteiger partial charge on any atom is -0.352 e. The van der Waals surface area contributed by atoms with Gasteiger partial charge in [-0.25, -0.2) is 0 Å². The van der Waals surface area contributed by atoms with Crippen LogP contribution in [0.4, 0.5) is 0 Å². The molecule has 2 nitrogen and oxygen atoms in total. The first-order valence-electron chi connectivity index (χ1n) is 8.63. The van der Waals surface area contributed by atoms with Gasteiger partial charge < -0.3 is 10.6 Å². The van der Waals surface area contributed by atoms with E-state index in [2.05, 4.69) is 28.8 Å². The van der Waals surface area contributed by atoms with E-state index < -0.39 is 0 Å². The van der Waals surface area contributed by atoms with E-state index in [1.807, 2.05) is 36.4 Å². The molecule has 0 radical (unpaired) electrons. The molecule has 2 aromatic rings. The third-order valence-electron chi connectivity index (χ3n) is 4.81. The lowest BCUT2D eigenvalue weighted by Crippen LogP contribution is -2.45. The maximum absolute atomic E-state index is 6.05. The van der Waals surface area contributed by atoms with Crippen molar-refractivity contribution in [3.05, 3.63) is 86.5 Å². The fourth-order valence-electron chi connectivity index (χ4n) is 3.59. The summed E-state index contributed by atoms with van der Waals surface area (Å²) in [5.41, 5.74) is 6.13. The highest BCUT2D eigenvalue weighted by molar-refractivity contribution is 7.80. The van der Waals surface area contributed by atoms with E-state index in [1.165, 1.54) is 16.7 Å². The van der Waals surface area contributed by atoms with Crippen molar-refractivity contribution in [3.8, 4) is 0 Å². The zero-order valence-electron chi connectivity index (χ0n) is 14.1. The maximum atomic E-state index is 6.05. The Labute approximate surface area is 168 Å². The number of hydrogen-bond donors (Lipinski definition) is 2. The lowest BCUT2D eigenvalue weighted by atomic mass is 9.83. The van der Waals surface area contributed by atoms with Crippen LogP contribution in [0.2, 0.25) is 10.0 Å². The highest BCUT2D eigenvalue weighted by Crippen LogP contribution is 2.38. The normalized spacial score (nSPS) is 21.2. The van der Waals surface area contributed by atoms with Gasteiger partial charge in [0, 0.05) is 15.7 Å². The summed E-state index contributed by atoms with van der Waals surface area (Å²) in [5, 5.41) is 8.96. The molecule has 0 saturated heterocycles. The largest absolute Gasteiger partial charge is 0.352 e. The minimum atomic E-state index is 0.0879. The van der Waals surface area contributed by atoms with Gasteiger partial charge in [-0.2, -0.15) is 0 Å². The standard InChI is InChI=1S/C21H18Cl2N2S/c22-16-8-4-13(5-9-16)12-15-2-1-3-18-19(24-21(26)25-20(15)18)14-6-10-17(23)11-7-14/h4-12,19H,1-3H2,(H2,24,25,26)/b15-12-. The number of rotatable bonds is 2. The van der Waals surface area contributed by atoms with Gasteiger partial charge in [-0.15, -0.1) is 0 Å². The van der Waals surface area contributed by atoms with Crippen molar-refractivity contribution in [1.29, 1.82) is 0 Å². The van der Waals surface area contributed by atoms with Gasteiger partial charge in [-0.3, -0.25) is 0 Å². The summed E-state index contributed by atoms with van der Waals surface area (Å²) < 4.78 is 0. The molecule has 2 N–H and O–H groups in total. The molecule has 1 aliphatic carbocycles. The van der Waals surface area contributed by atoms with Crippen molar-refractivity contribution in [3.63, 3.8) is 0 Å². The van der Waals surface area contributed by atoms with Crippen LogP contribution in [0.1, 0.15) is 36.4 Å². The van der Waals surface area contributed by atoms with Crippen LogP contribution >= 0.6 is 35.4 Å². The zero-order valence-corrected chi connectivity index (χ0v) is 16.4. The minimum absolute atomic E-state index is 0.0879. The van der Waals surface area contributed by atoms with Gasteiger partial charge in [0.2, 0.25) is 0 Å². The molecule has 1 aliphatic heterocycles. The summed E-state index contributed by atoms with van der Waals surface area (Å²) in [6.07, 6.45) is 5.43. The van der Waals surface area contributed by atoms with Crippen molar-refractivity contribution in [1.82, 2.24) is 10.6 Å². The van der Waals surface area contributed by atoms with E-state index in [1.54, 1.807) is 0 Å². The summed E-state index contributed by atoms with van der Waals surface area (Å²) in [6, 6.07) is 16.0. The van der Waals surface area contributed by atoms with Crippen molar-refractivity contribution in [2.45, 2.75) is 25.3 Å². The lowest BCUT2D eigenvalue weighted by Gasteiger charge is -2.36. The Bertz CT molecular complexity index is 899. The van der Waals surface area contributed by atoms with Gasteiger partial charge in [-0.05, 0) is 84.1 Å². The smallest absolute Gasteiger partial charge is 0.171 e. The molecule has 1 heterocycles. The molecule has 0 aromatic heterocycles. The summed E-state index contributed by atoms with van der Waals surface area (Å²) in [6.45, 7) is 0. The topological polar surface area (TPSA) is 24.1 Å². The van der Waals surface area contributed by atoms with Crippen LogP contribution in [0, 0.1) is 0 Å². The quantitative estimate of drug-likeness (QED) is 0.601. The van der Waals surface area contributed by atoms with Crippen molar-refractivity contribution >= 4 is 46.6 Å². The maximum Gasteiger partial charge on any atom is 0.171 e. The summed E-state index contributed by atoms with van der Waals surface area (Å²) in [7, 11) is 0. The first-order valence-corrected chi connectivity index (χ1v) is 9.79. The fraction of sp³-hybridized carbons (Fsp3) is 0.190. The second-order valence-electron chi connectivity index (χ2n) is 6.56. The number of halogens is 2. The fourth-order valence-corrected chi connectivity index (χ4v) is 4.06. The Kier molecular flexibility index (Phi) is 5.03. The highest BCUT2D eigenvalue weighted by Gasteiger charge is 2.30. The molecule has 2 aromatic carbocycles. The van der Waals surface area contributed by atoms with Crippen LogP contribution in [-0.4, -0.2) is 5.11 Å². The van der Waals surface area contributed by atoms with Gasteiger partial charge in [0.05, 0.1) is 6.04 Å². The molecule has 0 saturated carbocycles. The van der Waals surface area contributed by atoms with Gasteiger partial charge in [-0.1, -0.05) is 47.5 Å². The molecule has 26 heavy (non-hydrogen) atoms. The average Bonchev–Trinajstić information content (AvgIpc) is 2.64. The van der Waals surface area contributed by atoms with E-state index in [0.717, 1.165) is 40.6 Å². The van der Waals surface area contributed by atoms with Gasteiger partial charge >= 0.3 is 0 Å². The third-order valence-corrected chi connectivity index (χ3v) is 5.53. The zero-order chi connectivity index (χ0) is 18.1. The Morgan fingerprint density at radius 1 is 0.923 bits per heavy atom. The Morgan fingerprint density at radius 3 is 2.27 bits per heavy atom. The lowest BCUT2D eigenvalue weighted by molar-refractivity contribution is 0.609. The van der Waals surface area contributed by atoms with E-state index in [4.69, 9.17) is 35.4 Å². The molecule has 4 rings (SSSR count). The predicted molar refractivity (Wildman–Crippen MR) is 113 cm³/mol. The molecule has 2 aliphatic rings. The van der Waals surface area contributed by atoms with E-state index in [9.17, 15) is 0 Å². The molecular weight excluding hydrogens is 383 g/mol. The first-order chi connectivity index (χ1) is 12.6. The summed E-state index contributed by atoms with van der Waals surface area (Å²) in [5.74, 6) is 0. The number of hydrogen-bond acceptors (Lipinski definition) is 1. The Balaban J connectivity index is 1.75. The van der Waals surface area contributed by atoms with E-state index in [-0.39, 0.29) is 6.04 Å². The number of thiocarbonyl (C=S) groups is 1. The SMILES string of the molecule is S=C1NC2=C(CCC/C2=C/c2ccc(Cl)cc2)C(c2ccc(Cl)cc2)N1. The van der Waals surface area contributed by atoms with E-state index in [0.29, 0.717) is 5.11 Å². The monoisotopic (exact) mass is 400 g/mol. The van der Waals surface area contributed by atoms with Crippen molar-refractivity contribution in [2.75, 3.05) is 0 Å². The highest BCUT2D eigenvalue weighted by atomic mass is 35.5. The van der Waals surface area contributed by atoms with Crippen molar-refractivity contribution < 1.29 is 0 Å². The van der Waals surface area contributed by atoms with Crippen LogP contribution < -0.4 is 10.6 Å². The molecule has 5 heteroatoms. The van der Waals surface area contributed by atoms with Gasteiger partial charge in [0.1, 0.15) is 0 Å². The Hall–Kier alpha value is -1.81. The second kappa shape index (κ2) is 7.43. The molecule has 1 atom stereocenters. The van der Waals surface area contributed by atoms with Crippen LogP contribution in [0.3, 0.4) is 0 Å². The molecule has 132 valence electrons. The van der Waals surface area contributed by atoms with Crippen LogP contribution in [0.15, 0.2) is 65.4 Å². The number of allylic oxidation sites excluding steroid dienone is 1. The van der Waals surface area contributed by atoms with E-state index >= 15 is 0 Å². The average molecular weight is 401 g/mol. The van der Waals surface area contributed by atoms with Gasteiger partial charge in [0.25, 0.3) is 0 Å². The van der Waals surface area contributed by atoms with Crippen LogP contribution in [-0.2, 0) is 0 Å². The van der Waals surface area contributed by atoms with Crippen molar-refractivity contribution in [2.24, 2.45) is 0 Å². The molecule has 0 fully saturated rings. The number of benzene rings is 2. The molecule has 0 amide bonds. The van der Waals surface area contributed by atoms with Gasteiger partial charge in [0.15, 0.2) is 5.11 Å². The Morgan fingerprint density at radius 2 is 1.58 bits per heavy atom. The second-order valence-corrected chi connectivity index (χ2v) is 7.84. The van der Waals surface area contributed by atoms with Crippen LogP contribution in [0.25, 0.3) is 6.08 Å².